The molecule has 0 saturated heterocycles. The Kier molecular flexibility index (Phi) is 4.58. The van der Waals surface area contributed by atoms with Crippen LogP contribution in [-0.4, -0.2) is 23.7 Å². The fraction of sp³-hybridized carbons (Fsp3) is 0.364. The number of rotatable bonds is 4. The van der Waals surface area contributed by atoms with Gasteiger partial charge in [-0.1, -0.05) is 11.6 Å². The van der Waals surface area contributed by atoms with E-state index >= 15 is 0 Å². The average molecular weight is 243 g/mol. The standard InChI is InChI=1S/C11H15ClN2O2/c1-7(4-5-15)14-11(16)8-2-3-10(13)9(12)6-8/h2-3,6-7,15H,4-5,13H2,1H3,(H,14,16). The van der Waals surface area contributed by atoms with Crippen LogP contribution in [0.3, 0.4) is 0 Å². The third-order valence-electron chi connectivity index (χ3n) is 2.20. The first kappa shape index (κ1) is 12.8. The maximum absolute atomic E-state index is 11.7. The topological polar surface area (TPSA) is 75.3 Å². The molecule has 4 N–H and O–H groups in total. The summed E-state index contributed by atoms with van der Waals surface area (Å²) in [6.45, 7) is 1.87. The fourth-order valence-electron chi connectivity index (χ4n) is 1.24. The second-order valence-corrected chi connectivity index (χ2v) is 4.03. The highest BCUT2D eigenvalue weighted by Crippen LogP contribution is 2.19. The van der Waals surface area contributed by atoms with Crippen LogP contribution >= 0.6 is 11.6 Å². The molecule has 0 aliphatic carbocycles. The Morgan fingerprint density at radius 1 is 1.62 bits per heavy atom. The minimum absolute atomic E-state index is 0.0456. The highest BCUT2D eigenvalue weighted by molar-refractivity contribution is 6.33. The van der Waals surface area contributed by atoms with Gasteiger partial charge in [0.2, 0.25) is 0 Å². The van der Waals surface area contributed by atoms with Crippen LogP contribution < -0.4 is 11.1 Å². The lowest BCUT2D eigenvalue weighted by molar-refractivity contribution is 0.0934. The monoisotopic (exact) mass is 242 g/mol. The largest absolute Gasteiger partial charge is 0.398 e. The number of carbonyl (C=O) groups is 1. The van der Waals surface area contributed by atoms with Gasteiger partial charge >= 0.3 is 0 Å². The Hall–Kier alpha value is -1.26. The SMILES string of the molecule is CC(CCO)NC(=O)c1ccc(N)c(Cl)c1. The van der Waals surface area contributed by atoms with Gasteiger partial charge in [-0.2, -0.15) is 0 Å². The average Bonchev–Trinajstić information content (AvgIpc) is 2.22. The van der Waals surface area contributed by atoms with E-state index in [1.54, 1.807) is 12.1 Å². The number of amides is 1. The number of nitrogens with one attached hydrogen (secondary N) is 1. The first-order valence-corrected chi connectivity index (χ1v) is 5.39. The molecule has 1 rings (SSSR count). The number of nitrogen functional groups attached to an aromatic ring is 1. The van der Waals surface area contributed by atoms with E-state index in [0.717, 1.165) is 0 Å². The van der Waals surface area contributed by atoms with E-state index in [-0.39, 0.29) is 18.6 Å². The van der Waals surface area contributed by atoms with Gasteiger partial charge in [0.15, 0.2) is 0 Å². The van der Waals surface area contributed by atoms with Crippen molar-refractivity contribution in [2.75, 3.05) is 12.3 Å². The summed E-state index contributed by atoms with van der Waals surface area (Å²) in [6, 6.07) is 4.66. The van der Waals surface area contributed by atoms with E-state index in [9.17, 15) is 4.79 Å². The van der Waals surface area contributed by atoms with Crippen LogP contribution in [-0.2, 0) is 0 Å². The smallest absolute Gasteiger partial charge is 0.251 e. The van der Waals surface area contributed by atoms with Crippen LogP contribution in [0.2, 0.25) is 5.02 Å². The number of aliphatic hydroxyl groups is 1. The predicted molar refractivity (Wildman–Crippen MR) is 64.5 cm³/mol. The lowest BCUT2D eigenvalue weighted by Crippen LogP contribution is -2.33. The number of carbonyl (C=O) groups excluding carboxylic acids is 1. The summed E-state index contributed by atoms with van der Waals surface area (Å²) in [5.41, 5.74) is 6.45. The molecule has 0 aliphatic heterocycles. The van der Waals surface area contributed by atoms with Crippen molar-refractivity contribution in [3.63, 3.8) is 0 Å². The molecule has 0 radical (unpaired) electrons. The van der Waals surface area contributed by atoms with Crippen LogP contribution in [0.4, 0.5) is 5.69 Å². The van der Waals surface area contributed by atoms with Crippen molar-refractivity contribution in [2.45, 2.75) is 19.4 Å². The van der Waals surface area contributed by atoms with Gasteiger partial charge in [-0.05, 0) is 31.5 Å². The molecule has 88 valence electrons. The molecule has 0 aromatic heterocycles. The van der Waals surface area contributed by atoms with Gasteiger partial charge < -0.3 is 16.2 Å². The predicted octanol–water partition coefficient (Wildman–Crippen LogP) is 1.42. The number of aliphatic hydroxyl groups excluding tert-OH is 1. The molecular formula is C11H15ClN2O2. The highest BCUT2D eigenvalue weighted by Gasteiger charge is 2.10. The number of nitrogens with two attached hydrogens (primary N) is 1. The molecule has 0 bridgehead atoms. The third-order valence-corrected chi connectivity index (χ3v) is 2.53. The Morgan fingerprint density at radius 3 is 2.88 bits per heavy atom. The summed E-state index contributed by atoms with van der Waals surface area (Å²) in [6.07, 6.45) is 0.522. The molecule has 1 unspecified atom stereocenters. The van der Waals surface area contributed by atoms with Crippen molar-refractivity contribution in [1.82, 2.24) is 5.32 Å². The second-order valence-electron chi connectivity index (χ2n) is 3.62. The first-order chi connectivity index (χ1) is 7.54. The summed E-state index contributed by atoms with van der Waals surface area (Å²) in [5, 5.41) is 11.8. The quantitative estimate of drug-likeness (QED) is 0.699. The van der Waals surface area contributed by atoms with Crippen molar-refractivity contribution in [3.8, 4) is 0 Å². The lowest BCUT2D eigenvalue weighted by Gasteiger charge is -2.12. The van der Waals surface area contributed by atoms with Crippen LogP contribution in [0.25, 0.3) is 0 Å². The van der Waals surface area contributed by atoms with Crippen molar-refractivity contribution in [3.05, 3.63) is 28.8 Å². The molecule has 0 fully saturated rings. The molecule has 16 heavy (non-hydrogen) atoms. The minimum Gasteiger partial charge on any atom is -0.398 e. The Bertz CT molecular complexity index is 382. The number of hydrogen-bond donors (Lipinski definition) is 3. The third kappa shape index (κ3) is 3.40. The number of halogens is 1. The molecule has 1 amide bonds. The van der Waals surface area contributed by atoms with Crippen LogP contribution in [0, 0.1) is 0 Å². The van der Waals surface area contributed by atoms with E-state index in [4.69, 9.17) is 22.4 Å². The summed E-state index contributed by atoms with van der Waals surface area (Å²) >= 11 is 5.81. The van der Waals surface area contributed by atoms with Crippen molar-refractivity contribution in [2.24, 2.45) is 0 Å². The molecule has 1 aromatic rings. The molecule has 0 aliphatic rings. The van der Waals surface area contributed by atoms with Gasteiger partial charge in [0.1, 0.15) is 0 Å². The Balaban J connectivity index is 2.69. The number of hydrogen-bond acceptors (Lipinski definition) is 3. The maximum atomic E-state index is 11.7. The Labute approximate surface area is 99.4 Å². The number of anilines is 1. The second kappa shape index (κ2) is 5.72. The molecule has 0 saturated carbocycles. The van der Waals surface area contributed by atoms with Gasteiger partial charge in [-0.3, -0.25) is 4.79 Å². The van der Waals surface area contributed by atoms with Crippen LogP contribution in [0.5, 0.6) is 0 Å². The van der Waals surface area contributed by atoms with Gasteiger partial charge in [0, 0.05) is 18.2 Å². The molecular weight excluding hydrogens is 228 g/mol. The minimum atomic E-state index is -0.220. The van der Waals surface area contributed by atoms with Gasteiger partial charge in [-0.25, -0.2) is 0 Å². The van der Waals surface area contributed by atoms with Gasteiger partial charge in [-0.15, -0.1) is 0 Å². The number of benzene rings is 1. The zero-order valence-corrected chi connectivity index (χ0v) is 9.79. The highest BCUT2D eigenvalue weighted by atomic mass is 35.5. The van der Waals surface area contributed by atoms with E-state index in [2.05, 4.69) is 5.32 Å². The normalized spacial score (nSPS) is 12.2. The zero-order valence-electron chi connectivity index (χ0n) is 9.03. The van der Waals surface area contributed by atoms with E-state index in [1.807, 2.05) is 6.92 Å². The molecule has 0 spiro atoms. The van der Waals surface area contributed by atoms with E-state index in [0.29, 0.717) is 22.7 Å². The van der Waals surface area contributed by atoms with Crippen molar-refractivity contribution >= 4 is 23.2 Å². The fourth-order valence-corrected chi connectivity index (χ4v) is 1.42. The molecule has 1 aromatic carbocycles. The first-order valence-electron chi connectivity index (χ1n) is 5.01. The molecule has 5 heteroatoms. The molecule has 1 atom stereocenters. The van der Waals surface area contributed by atoms with E-state index < -0.39 is 0 Å². The summed E-state index contributed by atoms with van der Waals surface area (Å²) < 4.78 is 0. The van der Waals surface area contributed by atoms with Crippen molar-refractivity contribution in [1.29, 1.82) is 0 Å². The summed E-state index contributed by atoms with van der Waals surface area (Å²) in [4.78, 5) is 11.7. The molecule has 4 nitrogen and oxygen atoms in total. The van der Waals surface area contributed by atoms with E-state index in [1.165, 1.54) is 6.07 Å². The van der Waals surface area contributed by atoms with Gasteiger partial charge in [0.25, 0.3) is 5.91 Å². The van der Waals surface area contributed by atoms with Crippen LogP contribution in [0.1, 0.15) is 23.7 Å². The zero-order chi connectivity index (χ0) is 12.1. The lowest BCUT2D eigenvalue weighted by atomic mass is 10.1. The molecule has 0 heterocycles. The summed E-state index contributed by atoms with van der Waals surface area (Å²) in [7, 11) is 0. The van der Waals surface area contributed by atoms with Crippen molar-refractivity contribution < 1.29 is 9.90 Å². The maximum Gasteiger partial charge on any atom is 0.251 e. The van der Waals surface area contributed by atoms with Crippen LogP contribution in [0.15, 0.2) is 18.2 Å². The summed E-state index contributed by atoms with van der Waals surface area (Å²) in [5.74, 6) is -0.220. The Morgan fingerprint density at radius 2 is 2.31 bits per heavy atom. The van der Waals surface area contributed by atoms with Gasteiger partial charge in [0.05, 0.1) is 10.7 Å².